The molecule has 21 heavy (non-hydrogen) atoms. The maximum atomic E-state index is 13.1. The molecule has 1 aromatic heterocycles. The molecule has 0 spiro atoms. The molecule has 0 fully saturated rings. The molecule has 0 bridgehead atoms. The van der Waals surface area contributed by atoms with Gasteiger partial charge in [-0.1, -0.05) is 6.07 Å². The van der Waals surface area contributed by atoms with Crippen LogP contribution < -0.4 is 5.32 Å². The number of furan rings is 1. The van der Waals surface area contributed by atoms with E-state index in [1.807, 2.05) is 6.92 Å². The van der Waals surface area contributed by atoms with Crippen molar-refractivity contribution in [1.29, 1.82) is 0 Å². The molecular formula is C16H15F2NO2. The molecule has 1 aromatic carbocycles. The zero-order valence-electron chi connectivity index (χ0n) is 11.7. The van der Waals surface area contributed by atoms with Crippen molar-refractivity contribution in [3.8, 4) is 0 Å². The monoisotopic (exact) mass is 291 g/mol. The fourth-order valence-corrected chi connectivity index (χ4v) is 1.83. The van der Waals surface area contributed by atoms with Crippen LogP contribution in [0.2, 0.25) is 0 Å². The van der Waals surface area contributed by atoms with Gasteiger partial charge in [0, 0.05) is 6.08 Å². The Kier molecular flexibility index (Phi) is 4.52. The lowest BCUT2D eigenvalue weighted by molar-refractivity contribution is -0.117. The van der Waals surface area contributed by atoms with Crippen molar-refractivity contribution >= 4 is 12.0 Å². The molecule has 110 valence electrons. The lowest BCUT2D eigenvalue weighted by Gasteiger charge is -2.13. The Morgan fingerprint density at radius 2 is 2.00 bits per heavy atom. The van der Waals surface area contributed by atoms with Crippen LogP contribution in [-0.4, -0.2) is 5.91 Å². The highest BCUT2D eigenvalue weighted by Gasteiger charge is 2.10. The number of amides is 1. The second-order valence-corrected chi connectivity index (χ2v) is 4.69. The van der Waals surface area contributed by atoms with E-state index in [1.165, 1.54) is 12.1 Å². The minimum atomic E-state index is -0.935. The van der Waals surface area contributed by atoms with E-state index in [-0.39, 0.29) is 5.91 Å². The summed E-state index contributed by atoms with van der Waals surface area (Å²) in [5, 5.41) is 2.66. The molecule has 0 saturated carbocycles. The maximum Gasteiger partial charge on any atom is 0.244 e. The number of carbonyl (C=O) groups excluding carboxylic acids is 1. The summed E-state index contributed by atoms with van der Waals surface area (Å²) in [6.45, 7) is 3.50. The van der Waals surface area contributed by atoms with Crippen molar-refractivity contribution in [3.05, 3.63) is 65.1 Å². The van der Waals surface area contributed by atoms with Gasteiger partial charge in [-0.2, -0.15) is 0 Å². The van der Waals surface area contributed by atoms with Crippen molar-refractivity contribution in [2.45, 2.75) is 19.9 Å². The van der Waals surface area contributed by atoms with Gasteiger partial charge in [0.25, 0.3) is 0 Å². The van der Waals surface area contributed by atoms with Crippen molar-refractivity contribution in [2.75, 3.05) is 0 Å². The van der Waals surface area contributed by atoms with Crippen LogP contribution in [0.25, 0.3) is 6.08 Å². The van der Waals surface area contributed by atoms with Crippen LogP contribution in [0, 0.1) is 18.6 Å². The third-order valence-electron chi connectivity index (χ3n) is 2.96. The Bertz CT molecular complexity index is 677. The summed E-state index contributed by atoms with van der Waals surface area (Å²) in [4.78, 5) is 11.8. The number of aryl methyl sites for hydroxylation is 1. The van der Waals surface area contributed by atoms with Crippen LogP contribution in [0.3, 0.4) is 0 Å². The van der Waals surface area contributed by atoms with E-state index in [9.17, 15) is 13.6 Å². The molecule has 0 aliphatic heterocycles. The van der Waals surface area contributed by atoms with Gasteiger partial charge < -0.3 is 9.73 Å². The maximum absolute atomic E-state index is 13.1. The number of hydrogen-bond donors (Lipinski definition) is 1. The van der Waals surface area contributed by atoms with Crippen LogP contribution in [0.15, 0.2) is 40.8 Å². The molecule has 1 atom stereocenters. The highest BCUT2D eigenvalue weighted by atomic mass is 19.2. The molecule has 1 amide bonds. The van der Waals surface area contributed by atoms with Crippen molar-refractivity contribution in [3.63, 3.8) is 0 Å². The fourth-order valence-electron chi connectivity index (χ4n) is 1.83. The normalized spacial score (nSPS) is 12.6. The molecule has 3 nitrogen and oxygen atoms in total. The highest BCUT2D eigenvalue weighted by Crippen LogP contribution is 2.16. The summed E-state index contributed by atoms with van der Waals surface area (Å²) in [7, 11) is 0. The minimum Gasteiger partial charge on any atom is -0.462 e. The Hall–Kier alpha value is -2.43. The highest BCUT2D eigenvalue weighted by molar-refractivity contribution is 5.91. The predicted octanol–water partition coefficient (Wildman–Crippen LogP) is 3.76. The molecule has 1 heterocycles. The number of carbonyl (C=O) groups is 1. The van der Waals surface area contributed by atoms with E-state index in [0.29, 0.717) is 11.3 Å². The summed E-state index contributed by atoms with van der Waals surface area (Å²) in [6.07, 6.45) is 2.87. The average Bonchev–Trinajstić information content (AvgIpc) is 2.85. The second-order valence-electron chi connectivity index (χ2n) is 4.69. The standard InChI is InChI=1S/C16H15F2NO2/c1-10-3-5-13(21-10)6-8-16(20)19-11(2)12-4-7-14(17)15(18)9-12/h3-9,11H,1-2H3,(H,19,20)/b8-6+. The van der Waals surface area contributed by atoms with E-state index in [2.05, 4.69) is 5.32 Å². The predicted molar refractivity (Wildman–Crippen MR) is 75.4 cm³/mol. The van der Waals surface area contributed by atoms with Gasteiger partial charge in [0.2, 0.25) is 5.91 Å². The van der Waals surface area contributed by atoms with Gasteiger partial charge in [0.1, 0.15) is 11.5 Å². The van der Waals surface area contributed by atoms with Crippen LogP contribution in [-0.2, 0) is 4.79 Å². The number of halogens is 2. The summed E-state index contributed by atoms with van der Waals surface area (Å²) >= 11 is 0. The van der Waals surface area contributed by atoms with Gasteiger partial charge in [-0.3, -0.25) is 4.79 Å². The topological polar surface area (TPSA) is 42.2 Å². The Morgan fingerprint density at radius 1 is 1.24 bits per heavy atom. The van der Waals surface area contributed by atoms with Crippen LogP contribution >= 0.6 is 0 Å². The number of rotatable bonds is 4. The minimum absolute atomic E-state index is 0.346. The SMILES string of the molecule is Cc1ccc(/C=C/C(=O)NC(C)c2ccc(F)c(F)c2)o1. The molecule has 2 aromatic rings. The van der Waals surface area contributed by atoms with Crippen LogP contribution in [0.1, 0.15) is 30.0 Å². The first-order valence-corrected chi connectivity index (χ1v) is 6.45. The quantitative estimate of drug-likeness (QED) is 0.872. The lowest BCUT2D eigenvalue weighted by Crippen LogP contribution is -2.24. The third-order valence-corrected chi connectivity index (χ3v) is 2.96. The van der Waals surface area contributed by atoms with E-state index in [0.717, 1.165) is 17.9 Å². The van der Waals surface area contributed by atoms with E-state index in [4.69, 9.17) is 4.42 Å². The van der Waals surface area contributed by atoms with Gasteiger partial charge in [-0.05, 0) is 49.8 Å². The third kappa shape index (κ3) is 4.02. The lowest BCUT2D eigenvalue weighted by atomic mass is 10.1. The van der Waals surface area contributed by atoms with Crippen molar-refractivity contribution < 1.29 is 18.0 Å². The van der Waals surface area contributed by atoms with Crippen LogP contribution in [0.4, 0.5) is 8.78 Å². The summed E-state index contributed by atoms with van der Waals surface area (Å²) < 4.78 is 31.3. The Labute approximate surface area is 121 Å². The fraction of sp³-hybridized carbons (Fsp3) is 0.188. The van der Waals surface area contributed by atoms with Crippen molar-refractivity contribution in [2.24, 2.45) is 0 Å². The average molecular weight is 291 g/mol. The molecule has 0 radical (unpaired) electrons. The number of benzene rings is 1. The molecule has 0 aliphatic rings. The van der Waals surface area contributed by atoms with Gasteiger partial charge in [0.05, 0.1) is 6.04 Å². The largest absolute Gasteiger partial charge is 0.462 e. The first kappa shape index (κ1) is 15.0. The second kappa shape index (κ2) is 6.35. The first-order valence-electron chi connectivity index (χ1n) is 6.45. The summed E-state index contributed by atoms with van der Waals surface area (Å²) in [5.74, 6) is -0.866. The van der Waals surface area contributed by atoms with E-state index >= 15 is 0 Å². The Morgan fingerprint density at radius 3 is 2.62 bits per heavy atom. The molecule has 1 unspecified atom stereocenters. The number of hydrogen-bond acceptors (Lipinski definition) is 2. The molecule has 5 heteroatoms. The zero-order chi connectivity index (χ0) is 15.4. The molecule has 1 N–H and O–H groups in total. The molecule has 0 saturated heterocycles. The molecular weight excluding hydrogens is 276 g/mol. The van der Waals surface area contributed by atoms with E-state index < -0.39 is 17.7 Å². The van der Waals surface area contributed by atoms with Gasteiger partial charge >= 0.3 is 0 Å². The summed E-state index contributed by atoms with van der Waals surface area (Å²) in [6, 6.07) is 6.65. The smallest absolute Gasteiger partial charge is 0.244 e. The summed E-state index contributed by atoms with van der Waals surface area (Å²) in [5.41, 5.74) is 0.490. The van der Waals surface area contributed by atoms with Gasteiger partial charge in [-0.15, -0.1) is 0 Å². The molecule has 0 aliphatic carbocycles. The van der Waals surface area contributed by atoms with Gasteiger partial charge in [0.15, 0.2) is 11.6 Å². The van der Waals surface area contributed by atoms with Gasteiger partial charge in [-0.25, -0.2) is 8.78 Å². The first-order chi connectivity index (χ1) is 9.95. The van der Waals surface area contributed by atoms with Crippen LogP contribution in [0.5, 0.6) is 0 Å². The van der Waals surface area contributed by atoms with Crippen molar-refractivity contribution in [1.82, 2.24) is 5.32 Å². The van der Waals surface area contributed by atoms with E-state index in [1.54, 1.807) is 25.1 Å². The zero-order valence-corrected chi connectivity index (χ0v) is 11.7. The Balaban J connectivity index is 1.98. The number of nitrogens with one attached hydrogen (secondary N) is 1. The molecule has 2 rings (SSSR count).